The predicted octanol–water partition coefficient (Wildman–Crippen LogP) is 3.69. The number of hydrogen-bond acceptors (Lipinski definition) is 0. The van der Waals surface area contributed by atoms with E-state index in [1.807, 2.05) is 0 Å². The molecule has 1 saturated heterocycles. The Bertz CT molecular complexity index is 202. The summed E-state index contributed by atoms with van der Waals surface area (Å²) in [5.74, 6) is 0.902. The minimum atomic E-state index is 0.651. The van der Waals surface area contributed by atoms with Crippen molar-refractivity contribution in [2.75, 3.05) is 26.7 Å². The topological polar surface area (TPSA) is 0 Å². The molecule has 0 aromatic carbocycles. The standard InChI is InChI=1S/C14H30N/c1-6-10-15(5)11-9-14(8-3,12-15)13(4)7-2/h13H,6-12H2,1-5H3/q+1. The Morgan fingerprint density at radius 3 is 2.40 bits per heavy atom. The fourth-order valence-electron chi connectivity index (χ4n) is 3.61. The number of quaternary nitrogens is 1. The van der Waals surface area contributed by atoms with Gasteiger partial charge in [0.25, 0.3) is 0 Å². The smallest absolute Gasteiger partial charge is 0.0846 e. The van der Waals surface area contributed by atoms with Gasteiger partial charge in [-0.05, 0) is 18.8 Å². The quantitative estimate of drug-likeness (QED) is 0.610. The highest BCUT2D eigenvalue weighted by Gasteiger charge is 2.47. The molecule has 15 heavy (non-hydrogen) atoms. The first-order chi connectivity index (χ1) is 7.02. The second kappa shape index (κ2) is 4.86. The lowest BCUT2D eigenvalue weighted by atomic mass is 9.72. The third kappa shape index (κ3) is 2.55. The lowest BCUT2D eigenvalue weighted by Crippen LogP contribution is -2.45. The lowest BCUT2D eigenvalue weighted by molar-refractivity contribution is -0.901. The second-order valence-corrected chi connectivity index (χ2v) is 6.00. The average molecular weight is 212 g/mol. The van der Waals surface area contributed by atoms with Crippen molar-refractivity contribution in [3.63, 3.8) is 0 Å². The lowest BCUT2D eigenvalue weighted by Gasteiger charge is -2.36. The molecular formula is C14H30N+. The van der Waals surface area contributed by atoms with E-state index in [-0.39, 0.29) is 0 Å². The molecule has 1 fully saturated rings. The maximum absolute atomic E-state index is 2.46. The van der Waals surface area contributed by atoms with Gasteiger partial charge < -0.3 is 4.48 Å². The van der Waals surface area contributed by atoms with E-state index in [1.54, 1.807) is 0 Å². The van der Waals surface area contributed by atoms with Crippen LogP contribution in [0.25, 0.3) is 0 Å². The van der Waals surface area contributed by atoms with Gasteiger partial charge in [0.15, 0.2) is 0 Å². The van der Waals surface area contributed by atoms with Gasteiger partial charge in [0, 0.05) is 11.8 Å². The summed E-state index contributed by atoms with van der Waals surface area (Å²) in [6.07, 6.45) is 5.51. The summed E-state index contributed by atoms with van der Waals surface area (Å²) in [7, 11) is 2.46. The van der Waals surface area contributed by atoms with E-state index >= 15 is 0 Å². The minimum Gasteiger partial charge on any atom is -0.326 e. The van der Waals surface area contributed by atoms with Crippen molar-refractivity contribution in [2.45, 2.75) is 53.4 Å². The van der Waals surface area contributed by atoms with Gasteiger partial charge in [-0.25, -0.2) is 0 Å². The van der Waals surface area contributed by atoms with E-state index in [4.69, 9.17) is 0 Å². The van der Waals surface area contributed by atoms with Crippen LogP contribution in [0.1, 0.15) is 53.4 Å². The van der Waals surface area contributed by atoms with Crippen LogP contribution in [-0.4, -0.2) is 31.2 Å². The first-order valence-electron chi connectivity index (χ1n) is 6.85. The van der Waals surface area contributed by atoms with E-state index in [0.29, 0.717) is 5.41 Å². The highest BCUT2D eigenvalue weighted by molar-refractivity contribution is 4.86. The molecule has 1 aliphatic rings. The van der Waals surface area contributed by atoms with E-state index in [1.165, 1.54) is 49.8 Å². The Morgan fingerprint density at radius 1 is 1.27 bits per heavy atom. The normalized spacial score (nSPS) is 38.2. The monoisotopic (exact) mass is 212 g/mol. The van der Waals surface area contributed by atoms with Crippen molar-refractivity contribution in [1.29, 1.82) is 0 Å². The zero-order valence-corrected chi connectivity index (χ0v) is 11.5. The van der Waals surface area contributed by atoms with E-state index < -0.39 is 0 Å². The van der Waals surface area contributed by atoms with Gasteiger partial charge in [-0.1, -0.05) is 34.1 Å². The van der Waals surface area contributed by atoms with Crippen molar-refractivity contribution in [1.82, 2.24) is 0 Å². The van der Waals surface area contributed by atoms with Gasteiger partial charge >= 0.3 is 0 Å². The molecule has 1 heteroatoms. The molecule has 1 rings (SSSR count). The van der Waals surface area contributed by atoms with Crippen LogP contribution in [0.4, 0.5) is 0 Å². The molecular weight excluding hydrogens is 182 g/mol. The van der Waals surface area contributed by atoms with Crippen molar-refractivity contribution < 1.29 is 4.48 Å². The molecule has 0 aromatic heterocycles. The molecule has 3 unspecified atom stereocenters. The summed E-state index contributed by atoms with van der Waals surface area (Å²) in [4.78, 5) is 0. The van der Waals surface area contributed by atoms with E-state index in [0.717, 1.165) is 5.92 Å². The summed E-state index contributed by atoms with van der Waals surface area (Å²) in [5, 5.41) is 0. The molecule has 90 valence electrons. The molecule has 3 atom stereocenters. The third-order valence-corrected chi connectivity index (χ3v) is 4.97. The van der Waals surface area contributed by atoms with Gasteiger partial charge in [0.05, 0.1) is 26.7 Å². The van der Waals surface area contributed by atoms with Gasteiger partial charge in [0.2, 0.25) is 0 Å². The largest absolute Gasteiger partial charge is 0.326 e. The molecule has 0 aromatic rings. The summed E-state index contributed by atoms with van der Waals surface area (Å²) >= 11 is 0. The molecule has 0 bridgehead atoms. The highest BCUT2D eigenvalue weighted by Crippen LogP contribution is 2.44. The summed E-state index contributed by atoms with van der Waals surface area (Å²) in [6, 6.07) is 0. The van der Waals surface area contributed by atoms with Crippen LogP contribution in [0.2, 0.25) is 0 Å². The zero-order chi connectivity index (χ0) is 11.5. The van der Waals surface area contributed by atoms with Crippen molar-refractivity contribution in [3.8, 4) is 0 Å². The summed E-state index contributed by atoms with van der Waals surface area (Å²) in [5.41, 5.74) is 0.651. The van der Waals surface area contributed by atoms with Crippen LogP contribution in [-0.2, 0) is 0 Å². The van der Waals surface area contributed by atoms with Crippen molar-refractivity contribution in [3.05, 3.63) is 0 Å². The van der Waals surface area contributed by atoms with Gasteiger partial charge in [-0.15, -0.1) is 0 Å². The number of hydrogen-bond donors (Lipinski definition) is 0. The van der Waals surface area contributed by atoms with E-state index in [2.05, 4.69) is 34.7 Å². The van der Waals surface area contributed by atoms with Crippen LogP contribution in [0.15, 0.2) is 0 Å². The molecule has 0 aliphatic carbocycles. The van der Waals surface area contributed by atoms with Crippen LogP contribution >= 0.6 is 0 Å². The second-order valence-electron chi connectivity index (χ2n) is 6.00. The molecule has 0 spiro atoms. The maximum atomic E-state index is 2.46. The molecule has 0 radical (unpaired) electrons. The SMILES string of the molecule is CCC[N+]1(C)CCC(CC)(C(C)CC)C1. The Morgan fingerprint density at radius 2 is 1.93 bits per heavy atom. The van der Waals surface area contributed by atoms with Crippen LogP contribution in [0.5, 0.6) is 0 Å². The fraction of sp³-hybridized carbons (Fsp3) is 1.00. The Balaban J connectivity index is 2.72. The zero-order valence-electron chi connectivity index (χ0n) is 11.5. The number of nitrogens with zero attached hydrogens (tertiary/aromatic N) is 1. The molecule has 0 saturated carbocycles. The average Bonchev–Trinajstić information content (AvgIpc) is 2.57. The molecule has 0 N–H and O–H groups in total. The van der Waals surface area contributed by atoms with Crippen LogP contribution in [0, 0.1) is 11.3 Å². The first kappa shape index (κ1) is 13.0. The maximum Gasteiger partial charge on any atom is 0.0846 e. The van der Waals surface area contributed by atoms with Gasteiger partial charge in [0.1, 0.15) is 0 Å². The molecule has 1 aliphatic heterocycles. The predicted molar refractivity (Wildman–Crippen MR) is 67.9 cm³/mol. The van der Waals surface area contributed by atoms with Gasteiger partial charge in [-0.2, -0.15) is 0 Å². The Hall–Kier alpha value is -0.0400. The van der Waals surface area contributed by atoms with E-state index in [9.17, 15) is 0 Å². The highest BCUT2D eigenvalue weighted by atomic mass is 15.4. The van der Waals surface area contributed by atoms with Crippen molar-refractivity contribution in [2.24, 2.45) is 11.3 Å². The summed E-state index contributed by atoms with van der Waals surface area (Å²) < 4.78 is 1.33. The fourth-order valence-corrected chi connectivity index (χ4v) is 3.61. The first-order valence-corrected chi connectivity index (χ1v) is 6.85. The Labute approximate surface area is 96.4 Å². The molecule has 1 nitrogen and oxygen atoms in total. The van der Waals surface area contributed by atoms with Crippen LogP contribution in [0.3, 0.4) is 0 Å². The van der Waals surface area contributed by atoms with Crippen LogP contribution < -0.4 is 0 Å². The number of rotatable bonds is 5. The number of likely N-dealkylation sites (tertiary alicyclic amines) is 1. The minimum absolute atomic E-state index is 0.651. The molecule has 0 amide bonds. The van der Waals surface area contributed by atoms with Gasteiger partial charge in [-0.3, -0.25) is 0 Å². The Kier molecular flexibility index (Phi) is 4.22. The molecule has 1 heterocycles. The third-order valence-electron chi connectivity index (χ3n) is 4.97. The van der Waals surface area contributed by atoms with Crippen molar-refractivity contribution >= 4 is 0 Å². The summed E-state index contributed by atoms with van der Waals surface area (Å²) in [6.45, 7) is 13.7.